The number of hydrogen-bond acceptors (Lipinski definition) is 2. The van der Waals surface area contributed by atoms with Crippen LogP contribution in [0.4, 0.5) is 0 Å². The van der Waals surface area contributed by atoms with Gasteiger partial charge in [-0.2, -0.15) is 0 Å². The minimum atomic E-state index is -0.842. The standard InChI is InChI=1S/C7H14N2O2.7H2O/c1-5(2)7(8)9-4-3-6(10)11;;;;;;;/h5H,3-4H2,1-2H3,(H2,8,9)(H,10,11);7*1H2. The SMILES string of the molecule is CC(C)C(N)=NCCC(=O)O.O.O.O.O.O.O.O. The monoisotopic (exact) mass is 284 g/mol. The first-order valence-electron chi connectivity index (χ1n) is 3.55. The maximum atomic E-state index is 10.0. The lowest BCUT2D eigenvalue weighted by Crippen LogP contribution is -2.19. The van der Waals surface area contributed by atoms with Gasteiger partial charge in [0.15, 0.2) is 0 Å². The zero-order chi connectivity index (χ0) is 8.85. The maximum absolute atomic E-state index is 10.0. The molecule has 120 valence electrons. The van der Waals surface area contributed by atoms with Gasteiger partial charge in [0.25, 0.3) is 0 Å². The quantitative estimate of drug-likeness (QED) is 0.377. The molecule has 11 nitrogen and oxygen atoms in total. The molecule has 18 heavy (non-hydrogen) atoms. The highest BCUT2D eigenvalue weighted by molar-refractivity contribution is 5.82. The van der Waals surface area contributed by atoms with Gasteiger partial charge in [-0.25, -0.2) is 0 Å². The fourth-order valence-corrected chi connectivity index (χ4v) is 0.463. The second-order valence-electron chi connectivity index (χ2n) is 2.61. The van der Waals surface area contributed by atoms with Crippen LogP contribution in [0, 0.1) is 5.92 Å². The van der Waals surface area contributed by atoms with Crippen LogP contribution >= 0.6 is 0 Å². The first-order valence-corrected chi connectivity index (χ1v) is 3.55. The Balaban J connectivity index is -0.0000000238. The zero-order valence-electron chi connectivity index (χ0n) is 10.4. The molecule has 0 aliphatic rings. The lowest BCUT2D eigenvalue weighted by atomic mass is 10.2. The van der Waals surface area contributed by atoms with Crippen molar-refractivity contribution in [3.63, 3.8) is 0 Å². The number of carboxylic acid groups (broad SMARTS) is 1. The molecule has 0 aliphatic heterocycles. The van der Waals surface area contributed by atoms with E-state index in [1.54, 1.807) is 0 Å². The summed E-state index contributed by atoms with van der Waals surface area (Å²) in [5.41, 5.74) is 5.46. The number of nitrogens with zero attached hydrogens (tertiary/aromatic N) is 1. The summed E-state index contributed by atoms with van der Waals surface area (Å²) < 4.78 is 0. The summed E-state index contributed by atoms with van der Waals surface area (Å²) in [6.45, 7) is 4.11. The van der Waals surface area contributed by atoms with Gasteiger partial charge in [-0.05, 0) is 0 Å². The molecule has 0 radical (unpaired) electrons. The molecule has 0 aliphatic carbocycles. The molecule has 0 unspecified atom stereocenters. The predicted octanol–water partition coefficient (Wildman–Crippen LogP) is -5.30. The van der Waals surface area contributed by atoms with Crippen LogP contribution in [-0.2, 0) is 4.79 Å². The van der Waals surface area contributed by atoms with Crippen LogP contribution in [0.1, 0.15) is 20.3 Å². The lowest BCUT2D eigenvalue weighted by molar-refractivity contribution is -0.136. The van der Waals surface area contributed by atoms with Gasteiger partial charge in [-0.3, -0.25) is 9.79 Å². The molecule has 17 N–H and O–H groups in total. The van der Waals surface area contributed by atoms with Gasteiger partial charge in [0.1, 0.15) is 0 Å². The average Bonchev–Trinajstić information content (AvgIpc) is 1.86. The summed E-state index contributed by atoms with van der Waals surface area (Å²) in [6, 6.07) is 0. The minimum Gasteiger partial charge on any atom is -0.481 e. The maximum Gasteiger partial charge on any atom is 0.305 e. The fourth-order valence-electron chi connectivity index (χ4n) is 0.463. The van der Waals surface area contributed by atoms with E-state index < -0.39 is 5.97 Å². The Bertz CT molecular complexity index is 174. The van der Waals surface area contributed by atoms with Crippen molar-refractivity contribution in [3.05, 3.63) is 0 Å². The Morgan fingerprint density at radius 2 is 1.39 bits per heavy atom. The molecule has 0 rings (SSSR count). The number of hydrogen-bond donors (Lipinski definition) is 2. The Morgan fingerprint density at radius 1 is 1.06 bits per heavy atom. The van der Waals surface area contributed by atoms with E-state index in [4.69, 9.17) is 10.8 Å². The highest BCUT2D eigenvalue weighted by Gasteiger charge is 1.99. The molecular formula is C7H28N2O9. The Morgan fingerprint density at radius 3 is 1.61 bits per heavy atom. The predicted molar refractivity (Wildman–Crippen MR) is 68.9 cm³/mol. The van der Waals surface area contributed by atoms with E-state index in [2.05, 4.69) is 4.99 Å². The first kappa shape index (κ1) is 54.5. The number of aliphatic imine (C=N–C) groups is 1. The van der Waals surface area contributed by atoms with Crippen molar-refractivity contribution in [2.75, 3.05) is 6.54 Å². The highest BCUT2D eigenvalue weighted by atomic mass is 16.4. The molecule has 0 heterocycles. The van der Waals surface area contributed by atoms with E-state index in [1.165, 1.54) is 0 Å². The first-order chi connectivity index (χ1) is 5.04. The smallest absolute Gasteiger partial charge is 0.305 e. The fraction of sp³-hybridized carbons (Fsp3) is 0.714. The summed E-state index contributed by atoms with van der Waals surface area (Å²) in [5.74, 6) is -0.125. The third-order valence-electron chi connectivity index (χ3n) is 1.21. The molecule has 0 aromatic carbocycles. The van der Waals surface area contributed by atoms with Gasteiger partial charge in [0, 0.05) is 5.92 Å². The van der Waals surface area contributed by atoms with Crippen LogP contribution in [0.25, 0.3) is 0 Å². The van der Waals surface area contributed by atoms with Crippen molar-refractivity contribution in [1.82, 2.24) is 0 Å². The van der Waals surface area contributed by atoms with Crippen molar-refractivity contribution >= 4 is 11.8 Å². The van der Waals surface area contributed by atoms with Gasteiger partial charge in [0.05, 0.1) is 18.8 Å². The molecule has 0 bridgehead atoms. The minimum absolute atomic E-state index is 0. The summed E-state index contributed by atoms with van der Waals surface area (Å²) in [5, 5.41) is 8.25. The Kier molecular flexibility index (Phi) is 89.6. The molecule has 0 amide bonds. The molecule has 0 aromatic heterocycles. The normalized spacial score (nSPS) is 7.39. The Labute approximate surface area is 104 Å². The Hall–Kier alpha value is -1.34. The number of carbonyl (C=O) groups is 1. The number of rotatable bonds is 4. The number of nitrogens with two attached hydrogens (primary N) is 1. The zero-order valence-corrected chi connectivity index (χ0v) is 10.4. The van der Waals surface area contributed by atoms with Gasteiger partial charge >= 0.3 is 5.97 Å². The highest BCUT2D eigenvalue weighted by Crippen LogP contribution is 1.92. The number of amidine groups is 1. The van der Waals surface area contributed by atoms with Gasteiger partial charge in [-0.15, -0.1) is 0 Å². The van der Waals surface area contributed by atoms with Crippen LogP contribution in [0.2, 0.25) is 0 Å². The van der Waals surface area contributed by atoms with Crippen LogP contribution in [0.3, 0.4) is 0 Å². The van der Waals surface area contributed by atoms with Crippen molar-refractivity contribution in [2.45, 2.75) is 20.3 Å². The summed E-state index contributed by atoms with van der Waals surface area (Å²) >= 11 is 0. The molecule has 0 fully saturated rings. The van der Waals surface area contributed by atoms with E-state index in [9.17, 15) is 4.79 Å². The molecule has 0 aromatic rings. The van der Waals surface area contributed by atoms with E-state index >= 15 is 0 Å². The molecule has 0 atom stereocenters. The topological polar surface area (TPSA) is 296 Å². The van der Waals surface area contributed by atoms with E-state index in [0.717, 1.165) is 0 Å². The third-order valence-corrected chi connectivity index (χ3v) is 1.21. The molecule has 0 saturated heterocycles. The molecule has 11 heteroatoms. The molecular weight excluding hydrogens is 256 g/mol. The number of carboxylic acids is 1. The van der Waals surface area contributed by atoms with Crippen molar-refractivity contribution in [1.29, 1.82) is 0 Å². The molecule has 0 saturated carbocycles. The largest absolute Gasteiger partial charge is 0.481 e. The summed E-state index contributed by atoms with van der Waals surface area (Å²) in [7, 11) is 0. The van der Waals surface area contributed by atoms with Crippen molar-refractivity contribution < 1.29 is 48.2 Å². The van der Waals surface area contributed by atoms with Crippen LogP contribution in [0.15, 0.2) is 4.99 Å². The van der Waals surface area contributed by atoms with E-state index in [0.29, 0.717) is 5.84 Å². The van der Waals surface area contributed by atoms with Crippen LogP contribution < -0.4 is 5.73 Å². The second kappa shape index (κ2) is 29.6. The van der Waals surface area contributed by atoms with Gasteiger partial charge in [0.2, 0.25) is 0 Å². The lowest BCUT2D eigenvalue weighted by Gasteiger charge is -2.01. The van der Waals surface area contributed by atoms with Crippen molar-refractivity contribution in [3.8, 4) is 0 Å². The second-order valence-corrected chi connectivity index (χ2v) is 2.61. The van der Waals surface area contributed by atoms with Gasteiger partial charge in [-0.1, -0.05) is 13.8 Å². The molecule has 0 spiro atoms. The van der Waals surface area contributed by atoms with E-state index in [-0.39, 0.29) is 57.2 Å². The van der Waals surface area contributed by atoms with E-state index in [1.807, 2.05) is 13.8 Å². The average molecular weight is 284 g/mol. The third kappa shape index (κ3) is 36.5. The number of aliphatic carboxylic acids is 1. The van der Waals surface area contributed by atoms with Crippen LogP contribution in [-0.4, -0.2) is 61.8 Å². The van der Waals surface area contributed by atoms with Gasteiger partial charge < -0.3 is 49.2 Å². The summed E-state index contributed by atoms with van der Waals surface area (Å²) in [4.78, 5) is 13.9. The summed E-state index contributed by atoms with van der Waals surface area (Å²) in [6.07, 6.45) is 0.0490. The van der Waals surface area contributed by atoms with Crippen molar-refractivity contribution in [2.24, 2.45) is 16.6 Å². The van der Waals surface area contributed by atoms with Crippen LogP contribution in [0.5, 0.6) is 0 Å².